The molecule has 0 atom stereocenters. The number of hydrogen-bond acceptors (Lipinski definition) is 5. The number of aliphatic imine (C=N–C) groups is 1. The Bertz CT molecular complexity index is 1420. The average molecular weight is 524 g/mol. The summed E-state index contributed by atoms with van der Waals surface area (Å²) < 4.78 is 0. The van der Waals surface area contributed by atoms with Gasteiger partial charge in [-0.05, 0) is 53.3 Å². The Labute approximate surface area is 227 Å². The monoisotopic (exact) mass is 523 g/mol. The third kappa shape index (κ3) is 5.07. The molecule has 192 valence electrons. The van der Waals surface area contributed by atoms with E-state index in [1.54, 1.807) is 29.2 Å². The lowest BCUT2D eigenvalue weighted by atomic mass is 9.87. The second-order valence-corrected chi connectivity index (χ2v) is 11.3. The number of carbonyl (C=O) groups excluding carboxylic acids is 3. The van der Waals surface area contributed by atoms with Crippen LogP contribution in [-0.4, -0.2) is 40.1 Å². The van der Waals surface area contributed by atoms with Gasteiger partial charge in [-0.3, -0.25) is 24.2 Å². The molecule has 0 N–H and O–H groups in total. The summed E-state index contributed by atoms with van der Waals surface area (Å²) in [7, 11) is 0. The number of carbonyl (C=O) groups is 3. The van der Waals surface area contributed by atoms with Crippen LogP contribution >= 0.6 is 11.8 Å². The number of thioether (sulfide) groups is 1. The molecule has 0 bridgehead atoms. The number of nitrogens with zero attached hydrogens (tertiary/aromatic N) is 3. The maximum atomic E-state index is 13.4. The lowest BCUT2D eigenvalue weighted by Crippen LogP contribution is -2.32. The third-order valence-corrected chi connectivity index (χ3v) is 7.58. The lowest BCUT2D eigenvalue weighted by Gasteiger charge is -2.19. The first-order valence-electron chi connectivity index (χ1n) is 12.6. The average Bonchev–Trinajstić information content (AvgIpc) is 3.35. The predicted octanol–water partition coefficient (Wildman–Crippen LogP) is 6.15. The van der Waals surface area contributed by atoms with Gasteiger partial charge in [-0.25, -0.2) is 4.99 Å². The molecule has 38 heavy (non-hydrogen) atoms. The first-order chi connectivity index (χ1) is 18.2. The van der Waals surface area contributed by atoms with Crippen LogP contribution in [0.1, 0.15) is 59.0 Å². The van der Waals surface area contributed by atoms with Gasteiger partial charge in [0.2, 0.25) is 0 Å². The summed E-state index contributed by atoms with van der Waals surface area (Å²) in [6.45, 7) is 6.82. The van der Waals surface area contributed by atoms with Crippen molar-refractivity contribution in [3.8, 4) is 0 Å². The number of fused-ring (bicyclic) bond motifs is 1. The Hall–Kier alpha value is -3.97. The molecule has 3 amide bonds. The van der Waals surface area contributed by atoms with Crippen molar-refractivity contribution in [2.24, 2.45) is 4.99 Å². The van der Waals surface area contributed by atoms with Crippen LogP contribution in [0.2, 0.25) is 0 Å². The van der Waals surface area contributed by atoms with E-state index in [-0.39, 0.29) is 23.1 Å². The Morgan fingerprint density at radius 1 is 0.789 bits per heavy atom. The summed E-state index contributed by atoms with van der Waals surface area (Å²) in [5.41, 5.74) is 4.22. The molecule has 3 aromatic rings. The number of imide groups is 1. The number of benzene rings is 3. The van der Waals surface area contributed by atoms with E-state index in [9.17, 15) is 14.4 Å². The van der Waals surface area contributed by atoms with E-state index in [1.165, 1.54) is 22.2 Å². The van der Waals surface area contributed by atoms with E-state index in [2.05, 4.69) is 32.9 Å². The lowest BCUT2D eigenvalue weighted by molar-refractivity contribution is -0.113. The molecule has 3 aromatic carbocycles. The van der Waals surface area contributed by atoms with Crippen LogP contribution in [0.5, 0.6) is 0 Å². The van der Waals surface area contributed by atoms with Crippen molar-refractivity contribution in [3.05, 3.63) is 107 Å². The van der Waals surface area contributed by atoms with Gasteiger partial charge in [0.1, 0.15) is 5.70 Å². The molecule has 0 spiro atoms. The quantitative estimate of drug-likeness (QED) is 0.221. The molecule has 0 radical (unpaired) electrons. The Kier molecular flexibility index (Phi) is 7.04. The molecular weight excluding hydrogens is 494 g/mol. The molecular formula is C31H29N3O3S. The van der Waals surface area contributed by atoms with Gasteiger partial charge in [-0.2, -0.15) is 0 Å². The topological polar surface area (TPSA) is 70.1 Å². The number of anilines is 1. The third-order valence-electron chi connectivity index (χ3n) is 6.56. The maximum absolute atomic E-state index is 13.4. The number of para-hydroxylation sites is 1. The molecule has 2 aliphatic rings. The highest BCUT2D eigenvalue weighted by Crippen LogP contribution is 2.30. The van der Waals surface area contributed by atoms with Crippen molar-refractivity contribution in [3.63, 3.8) is 0 Å². The van der Waals surface area contributed by atoms with Crippen molar-refractivity contribution >= 4 is 46.4 Å². The van der Waals surface area contributed by atoms with E-state index >= 15 is 0 Å². The van der Waals surface area contributed by atoms with E-state index in [4.69, 9.17) is 4.99 Å². The van der Waals surface area contributed by atoms with Gasteiger partial charge in [0.25, 0.3) is 17.7 Å². The van der Waals surface area contributed by atoms with Gasteiger partial charge in [-0.15, -0.1) is 0 Å². The van der Waals surface area contributed by atoms with Crippen LogP contribution in [0.4, 0.5) is 5.69 Å². The van der Waals surface area contributed by atoms with E-state index < -0.39 is 0 Å². The first-order valence-corrected chi connectivity index (χ1v) is 13.6. The van der Waals surface area contributed by atoms with Gasteiger partial charge in [0.05, 0.1) is 16.8 Å². The fourth-order valence-electron chi connectivity index (χ4n) is 4.46. The first kappa shape index (κ1) is 25.7. The van der Waals surface area contributed by atoms with Gasteiger partial charge in [0, 0.05) is 12.3 Å². The maximum Gasteiger partial charge on any atom is 0.283 e. The number of amides is 3. The van der Waals surface area contributed by atoms with E-state index in [1.807, 2.05) is 48.5 Å². The summed E-state index contributed by atoms with van der Waals surface area (Å²) in [5, 5.41) is 0.584. The van der Waals surface area contributed by atoms with E-state index in [0.717, 1.165) is 11.3 Å². The molecule has 0 saturated carbocycles. The van der Waals surface area contributed by atoms with Gasteiger partial charge in [0.15, 0.2) is 5.17 Å². The van der Waals surface area contributed by atoms with Crippen molar-refractivity contribution in [2.45, 2.75) is 32.6 Å². The molecule has 0 unspecified atom stereocenters. The highest BCUT2D eigenvalue weighted by atomic mass is 32.2. The van der Waals surface area contributed by atoms with Crippen LogP contribution in [0.3, 0.4) is 0 Å². The molecule has 2 aliphatic heterocycles. The second kappa shape index (κ2) is 10.4. The summed E-state index contributed by atoms with van der Waals surface area (Å²) in [6, 6.07) is 24.5. The van der Waals surface area contributed by atoms with Crippen LogP contribution in [-0.2, 0) is 10.2 Å². The molecule has 0 aliphatic carbocycles. The standard InChI is InChI=1S/C31H29N3O3S/c1-31(2,3)22-16-14-21(15-17-22)20-26-29(37)34(23-10-5-4-6-11-23)30(32-26)38-19-9-18-33-27(35)24-12-7-8-13-25(24)28(33)36/h4-8,10-17,20H,9,18-19H2,1-3H3/b26-20+. The second-order valence-electron chi connectivity index (χ2n) is 10.3. The molecule has 0 aromatic heterocycles. The normalized spacial score (nSPS) is 16.4. The zero-order chi connectivity index (χ0) is 26.9. The SMILES string of the molecule is CC(C)(C)c1ccc(/C=C2/N=C(SCCCN3C(=O)c4ccccc4C3=O)N(c3ccccc3)C2=O)cc1. The molecule has 2 heterocycles. The van der Waals surface area contributed by atoms with Crippen LogP contribution in [0.25, 0.3) is 6.08 Å². The zero-order valence-electron chi connectivity index (χ0n) is 21.7. The van der Waals surface area contributed by atoms with Crippen molar-refractivity contribution in [1.82, 2.24) is 4.90 Å². The number of amidine groups is 1. The minimum absolute atomic E-state index is 0.0496. The number of hydrogen-bond donors (Lipinski definition) is 0. The molecule has 0 fully saturated rings. The fourth-order valence-corrected chi connectivity index (χ4v) is 5.40. The molecule has 7 heteroatoms. The summed E-state index contributed by atoms with van der Waals surface area (Å²) in [5.74, 6) is -0.0923. The minimum atomic E-state index is -0.252. The minimum Gasteiger partial charge on any atom is -0.274 e. The zero-order valence-corrected chi connectivity index (χ0v) is 22.5. The van der Waals surface area contributed by atoms with Gasteiger partial charge < -0.3 is 0 Å². The molecule has 5 rings (SSSR count). The van der Waals surface area contributed by atoms with Gasteiger partial charge in [-0.1, -0.05) is 87.1 Å². The van der Waals surface area contributed by atoms with Crippen LogP contribution in [0, 0.1) is 0 Å². The smallest absolute Gasteiger partial charge is 0.274 e. The highest BCUT2D eigenvalue weighted by Gasteiger charge is 2.35. The molecule has 0 saturated heterocycles. The predicted molar refractivity (Wildman–Crippen MR) is 153 cm³/mol. The van der Waals surface area contributed by atoms with Crippen molar-refractivity contribution in [1.29, 1.82) is 0 Å². The molecule has 6 nitrogen and oxygen atoms in total. The van der Waals surface area contributed by atoms with Crippen LogP contribution in [0.15, 0.2) is 89.6 Å². The largest absolute Gasteiger partial charge is 0.283 e. The Morgan fingerprint density at radius 3 is 2.00 bits per heavy atom. The number of rotatable bonds is 6. The van der Waals surface area contributed by atoms with Crippen molar-refractivity contribution < 1.29 is 14.4 Å². The van der Waals surface area contributed by atoms with Crippen LogP contribution < -0.4 is 4.90 Å². The summed E-state index contributed by atoms with van der Waals surface area (Å²) in [4.78, 5) is 46.3. The summed E-state index contributed by atoms with van der Waals surface area (Å²) in [6.07, 6.45) is 2.40. The van der Waals surface area contributed by atoms with E-state index in [0.29, 0.717) is 40.7 Å². The Morgan fingerprint density at radius 2 is 1.39 bits per heavy atom. The van der Waals surface area contributed by atoms with Gasteiger partial charge >= 0.3 is 0 Å². The summed E-state index contributed by atoms with van der Waals surface area (Å²) >= 11 is 1.45. The Balaban J connectivity index is 1.31. The highest BCUT2D eigenvalue weighted by molar-refractivity contribution is 8.14. The fraction of sp³-hybridized carbons (Fsp3) is 0.226. The van der Waals surface area contributed by atoms with Crippen molar-refractivity contribution in [2.75, 3.05) is 17.2 Å².